The minimum Gasteiger partial charge on any atom is -0.352 e. The van der Waals surface area contributed by atoms with Crippen LogP contribution in [0.1, 0.15) is 41.3 Å². The van der Waals surface area contributed by atoms with Gasteiger partial charge in [0, 0.05) is 25.2 Å². The van der Waals surface area contributed by atoms with E-state index >= 15 is 0 Å². The molecule has 1 aliphatic rings. The second-order valence-corrected chi connectivity index (χ2v) is 7.31. The molecule has 0 unspecified atom stereocenters. The molecule has 1 aliphatic heterocycles. The molecular weight excluding hydrogens is 327 g/mol. The smallest absolute Gasteiger partial charge is 0.251 e. The molecule has 26 heavy (non-hydrogen) atoms. The van der Waals surface area contributed by atoms with E-state index in [2.05, 4.69) is 17.1 Å². The van der Waals surface area contributed by atoms with Crippen molar-refractivity contribution in [1.82, 2.24) is 10.2 Å². The van der Waals surface area contributed by atoms with Crippen LogP contribution in [0.3, 0.4) is 0 Å². The van der Waals surface area contributed by atoms with Crippen molar-refractivity contribution >= 4 is 5.91 Å². The van der Waals surface area contributed by atoms with Crippen LogP contribution >= 0.6 is 0 Å². The van der Waals surface area contributed by atoms with E-state index in [1.807, 2.05) is 24.3 Å². The number of rotatable bonds is 6. The number of nitrogens with zero attached hydrogens (tertiary/aromatic N) is 1. The van der Waals surface area contributed by atoms with E-state index in [1.165, 1.54) is 30.5 Å². The highest BCUT2D eigenvalue weighted by molar-refractivity contribution is 5.94. The maximum atomic E-state index is 12.9. The standard InChI is InChI=1S/C22H27FN2O/c1-17-3-2-14-25(15-17)16-19-4-8-20(9-5-19)22(26)24-13-12-18-6-10-21(23)11-7-18/h4-11,17H,2-3,12-16H2,1H3,(H,24,26)/t17-/m1/s1. The van der Waals surface area contributed by atoms with Gasteiger partial charge < -0.3 is 5.32 Å². The van der Waals surface area contributed by atoms with Crippen molar-refractivity contribution in [2.45, 2.75) is 32.7 Å². The van der Waals surface area contributed by atoms with Crippen LogP contribution in [0.15, 0.2) is 48.5 Å². The van der Waals surface area contributed by atoms with Crippen LogP contribution < -0.4 is 5.32 Å². The van der Waals surface area contributed by atoms with Crippen LogP contribution in [-0.4, -0.2) is 30.4 Å². The molecule has 0 spiro atoms. The van der Waals surface area contributed by atoms with Crippen LogP contribution in [0.2, 0.25) is 0 Å². The van der Waals surface area contributed by atoms with E-state index in [0.717, 1.165) is 31.1 Å². The van der Waals surface area contributed by atoms with Gasteiger partial charge >= 0.3 is 0 Å². The van der Waals surface area contributed by atoms with Crippen LogP contribution in [0, 0.1) is 11.7 Å². The number of piperidine rings is 1. The number of nitrogens with one attached hydrogen (secondary N) is 1. The number of benzene rings is 2. The Kier molecular flexibility index (Phi) is 6.40. The van der Waals surface area contributed by atoms with Gasteiger partial charge in [-0.3, -0.25) is 9.69 Å². The van der Waals surface area contributed by atoms with E-state index in [-0.39, 0.29) is 11.7 Å². The molecule has 1 N–H and O–H groups in total. The summed E-state index contributed by atoms with van der Waals surface area (Å²) in [5.74, 6) is 0.469. The average Bonchev–Trinajstić information content (AvgIpc) is 2.64. The van der Waals surface area contributed by atoms with Gasteiger partial charge in [-0.15, -0.1) is 0 Å². The molecule has 2 aromatic carbocycles. The van der Waals surface area contributed by atoms with Crippen molar-refractivity contribution < 1.29 is 9.18 Å². The van der Waals surface area contributed by atoms with Crippen LogP contribution in [0.25, 0.3) is 0 Å². The van der Waals surface area contributed by atoms with Gasteiger partial charge in [-0.25, -0.2) is 4.39 Å². The van der Waals surface area contributed by atoms with E-state index in [9.17, 15) is 9.18 Å². The summed E-state index contributed by atoms with van der Waals surface area (Å²) in [4.78, 5) is 14.7. The molecule has 138 valence electrons. The number of halogens is 1. The Balaban J connectivity index is 1.46. The van der Waals surface area contributed by atoms with Crippen LogP contribution in [0.4, 0.5) is 4.39 Å². The third-order valence-electron chi connectivity index (χ3n) is 4.98. The Bertz CT molecular complexity index is 712. The first-order valence-electron chi connectivity index (χ1n) is 9.44. The van der Waals surface area contributed by atoms with Crippen LogP contribution in [-0.2, 0) is 13.0 Å². The van der Waals surface area contributed by atoms with Gasteiger partial charge in [0.15, 0.2) is 0 Å². The molecule has 4 heteroatoms. The predicted molar refractivity (Wildman–Crippen MR) is 103 cm³/mol. The lowest BCUT2D eigenvalue weighted by molar-refractivity contribution is 0.0954. The van der Waals surface area contributed by atoms with Gasteiger partial charge in [-0.05, 0) is 67.1 Å². The summed E-state index contributed by atoms with van der Waals surface area (Å²) in [7, 11) is 0. The maximum absolute atomic E-state index is 12.9. The zero-order valence-electron chi connectivity index (χ0n) is 15.4. The average molecular weight is 354 g/mol. The molecule has 1 amide bonds. The fourth-order valence-electron chi connectivity index (χ4n) is 3.52. The number of hydrogen-bond donors (Lipinski definition) is 1. The van der Waals surface area contributed by atoms with E-state index in [1.54, 1.807) is 12.1 Å². The monoisotopic (exact) mass is 354 g/mol. The fraction of sp³-hybridized carbons (Fsp3) is 0.409. The van der Waals surface area contributed by atoms with E-state index in [4.69, 9.17) is 0 Å². The highest BCUT2D eigenvalue weighted by Gasteiger charge is 2.16. The molecule has 1 saturated heterocycles. The summed E-state index contributed by atoms with van der Waals surface area (Å²) < 4.78 is 12.9. The van der Waals surface area contributed by atoms with Gasteiger partial charge in [-0.1, -0.05) is 31.2 Å². The SMILES string of the molecule is C[C@@H]1CCCN(Cc2ccc(C(=O)NCCc3ccc(F)cc3)cc2)C1. The number of likely N-dealkylation sites (tertiary alicyclic amines) is 1. The topological polar surface area (TPSA) is 32.3 Å². The molecule has 1 heterocycles. The fourth-order valence-corrected chi connectivity index (χ4v) is 3.52. The summed E-state index contributed by atoms with van der Waals surface area (Å²) in [5, 5.41) is 2.93. The Morgan fingerprint density at radius 2 is 1.81 bits per heavy atom. The second-order valence-electron chi connectivity index (χ2n) is 7.31. The number of hydrogen-bond acceptors (Lipinski definition) is 2. The van der Waals surface area contributed by atoms with Crippen molar-refractivity contribution in [3.63, 3.8) is 0 Å². The maximum Gasteiger partial charge on any atom is 0.251 e. The minimum absolute atomic E-state index is 0.0646. The lowest BCUT2D eigenvalue weighted by atomic mass is 9.99. The second kappa shape index (κ2) is 8.95. The van der Waals surface area contributed by atoms with Gasteiger partial charge in [0.2, 0.25) is 0 Å². The summed E-state index contributed by atoms with van der Waals surface area (Å²) in [6, 6.07) is 14.3. The summed E-state index contributed by atoms with van der Waals surface area (Å²) >= 11 is 0. The van der Waals surface area contributed by atoms with Crippen molar-refractivity contribution in [2.75, 3.05) is 19.6 Å². The molecule has 2 aromatic rings. The Hall–Kier alpha value is -2.20. The normalized spacial score (nSPS) is 17.8. The zero-order chi connectivity index (χ0) is 18.4. The van der Waals surface area contributed by atoms with Gasteiger partial charge in [0.25, 0.3) is 5.91 Å². The molecule has 0 bridgehead atoms. The van der Waals surface area contributed by atoms with Crippen molar-refractivity contribution in [3.8, 4) is 0 Å². The first kappa shape index (κ1) is 18.6. The summed E-state index contributed by atoms with van der Waals surface area (Å²) in [6.07, 6.45) is 3.29. The minimum atomic E-state index is -0.239. The number of carbonyl (C=O) groups excluding carboxylic acids is 1. The third-order valence-corrected chi connectivity index (χ3v) is 4.98. The molecule has 1 fully saturated rings. The summed E-state index contributed by atoms with van der Waals surface area (Å²) in [6.45, 7) is 6.13. The quantitative estimate of drug-likeness (QED) is 0.849. The molecule has 0 aromatic heterocycles. The Morgan fingerprint density at radius 3 is 2.50 bits per heavy atom. The van der Waals surface area contributed by atoms with Crippen molar-refractivity contribution in [3.05, 3.63) is 71.0 Å². The Morgan fingerprint density at radius 1 is 1.12 bits per heavy atom. The highest BCUT2D eigenvalue weighted by Crippen LogP contribution is 2.18. The molecule has 1 atom stereocenters. The molecule has 0 saturated carbocycles. The largest absolute Gasteiger partial charge is 0.352 e. The zero-order valence-corrected chi connectivity index (χ0v) is 15.4. The first-order chi connectivity index (χ1) is 12.6. The van der Waals surface area contributed by atoms with Crippen molar-refractivity contribution in [1.29, 1.82) is 0 Å². The predicted octanol–water partition coefficient (Wildman–Crippen LogP) is 4.03. The first-order valence-corrected chi connectivity index (χ1v) is 9.44. The highest BCUT2D eigenvalue weighted by atomic mass is 19.1. The van der Waals surface area contributed by atoms with Gasteiger partial charge in [0.1, 0.15) is 5.82 Å². The summed E-state index contributed by atoms with van der Waals surface area (Å²) in [5.41, 5.74) is 2.94. The van der Waals surface area contributed by atoms with E-state index < -0.39 is 0 Å². The molecule has 3 nitrogen and oxygen atoms in total. The molecule has 0 radical (unpaired) electrons. The van der Waals surface area contributed by atoms with Crippen LogP contribution in [0.5, 0.6) is 0 Å². The lowest BCUT2D eigenvalue weighted by Crippen LogP contribution is -2.33. The molecule has 0 aliphatic carbocycles. The van der Waals surface area contributed by atoms with E-state index in [0.29, 0.717) is 18.5 Å². The van der Waals surface area contributed by atoms with Crippen molar-refractivity contribution in [2.24, 2.45) is 5.92 Å². The van der Waals surface area contributed by atoms with Gasteiger partial charge in [0.05, 0.1) is 0 Å². The Labute approximate surface area is 155 Å². The number of amides is 1. The number of carbonyl (C=O) groups is 1. The molecule has 3 rings (SSSR count). The van der Waals surface area contributed by atoms with Gasteiger partial charge in [-0.2, -0.15) is 0 Å². The third kappa shape index (κ3) is 5.40. The lowest BCUT2D eigenvalue weighted by Gasteiger charge is -2.30. The molecular formula is C22H27FN2O.